The number of carbonyl (C=O) groups is 1. The third kappa shape index (κ3) is 5.15. The highest BCUT2D eigenvalue weighted by molar-refractivity contribution is 5.92. The molecule has 2 saturated heterocycles. The van der Waals surface area contributed by atoms with Gasteiger partial charge in [0.1, 0.15) is 0 Å². The Morgan fingerprint density at radius 3 is 2.12 bits per heavy atom. The van der Waals surface area contributed by atoms with Crippen molar-refractivity contribution in [2.45, 2.75) is 0 Å². The van der Waals surface area contributed by atoms with E-state index in [1.165, 1.54) is 0 Å². The first-order valence-electron chi connectivity index (χ1n) is 11.2. The molecule has 9 heteroatoms. The summed E-state index contributed by atoms with van der Waals surface area (Å²) in [7, 11) is 0. The van der Waals surface area contributed by atoms with Gasteiger partial charge in [-0.15, -0.1) is 0 Å². The number of fused-ring (bicyclic) bond motifs is 1. The van der Waals surface area contributed by atoms with Crippen LogP contribution in [0.4, 0.5) is 17.2 Å². The predicted molar refractivity (Wildman–Crippen MR) is 126 cm³/mol. The molecular weight excluding hydrogens is 422 g/mol. The molecule has 0 spiro atoms. The predicted octanol–water partition coefficient (Wildman–Crippen LogP) is 2.32. The van der Waals surface area contributed by atoms with Crippen LogP contribution in [0.25, 0.3) is 11.0 Å². The van der Waals surface area contributed by atoms with Gasteiger partial charge in [-0.05, 0) is 36.4 Å². The second-order valence-corrected chi connectivity index (χ2v) is 7.92. The maximum atomic E-state index is 12.6. The largest absolute Gasteiger partial charge is 0.465 e. The second-order valence-electron chi connectivity index (χ2n) is 7.92. The molecule has 2 aliphatic heterocycles. The van der Waals surface area contributed by atoms with Crippen molar-refractivity contribution in [2.24, 2.45) is 0 Å². The van der Waals surface area contributed by atoms with E-state index in [2.05, 4.69) is 20.1 Å². The highest BCUT2D eigenvalue weighted by atomic mass is 16.5. The highest BCUT2D eigenvalue weighted by Gasteiger charge is 2.20. The molecule has 33 heavy (non-hydrogen) atoms. The van der Waals surface area contributed by atoms with Crippen LogP contribution in [0.2, 0.25) is 0 Å². The summed E-state index contributed by atoms with van der Waals surface area (Å²) < 4.78 is 16.7. The number of anilines is 3. The molecule has 1 amide bonds. The van der Waals surface area contributed by atoms with Gasteiger partial charge in [0, 0.05) is 37.6 Å². The number of nitrogens with zero attached hydrogens (tertiary/aromatic N) is 4. The number of aromatic nitrogens is 2. The van der Waals surface area contributed by atoms with E-state index >= 15 is 0 Å². The summed E-state index contributed by atoms with van der Waals surface area (Å²) in [6.45, 7) is 5.70. The summed E-state index contributed by atoms with van der Waals surface area (Å²) in [5, 5.41) is 2.89. The van der Waals surface area contributed by atoms with Gasteiger partial charge in [-0.3, -0.25) is 4.79 Å². The first kappa shape index (κ1) is 21.4. The Kier molecular flexibility index (Phi) is 6.50. The van der Waals surface area contributed by atoms with Crippen LogP contribution in [0, 0.1) is 0 Å². The zero-order chi connectivity index (χ0) is 22.5. The van der Waals surface area contributed by atoms with Gasteiger partial charge in [0.05, 0.1) is 37.5 Å². The zero-order valence-corrected chi connectivity index (χ0v) is 18.4. The van der Waals surface area contributed by atoms with E-state index in [0.717, 1.165) is 48.7 Å². The van der Waals surface area contributed by atoms with Crippen molar-refractivity contribution in [2.75, 3.05) is 74.3 Å². The van der Waals surface area contributed by atoms with Crippen molar-refractivity contribution in [3.63, 3.8) is 0 Å². The van der Waals surface area contributed by atoms with E-state index in [9.17, 15) is 4.79 Å². The quantitative estimate of drug-likeness (QED) is 0.613. The van der Waals surface area contributed by atoms with Gasteiger partial charge >= 0.3 is 0 Å². The fraction of sp³-hybridized carbons (Fsp3) is 0.375. The fourth-order valence-corrected chi connectivity index (χ4v) is 3.96. The molecule has 3 aromatic rings. The van der Waals surface area contributed by atoms with Crippen LogP contribution >= 0.6 is 0 Å². The van der Waals surface area contributed by atoms with Crippen molar-refractivity contribution in [3.05, 3.63) is 48.5 Å². The highest BCUT2D eigenvalue weighted by Crippen LogP contribution is 2.28. The van der Waals surface area contributed by atoms with Crippen molar-refractivity contribution in [1.82, 2.24) is 9.97 Å². The first-order valence-corrected chi connectivity index (χ1v) is 11.2. The average molecular weight is 450 g/mol. The van der Waals surface area contributed by atoms with E-state index in [1.54, 1.807) is 0 Å². The Morgan fingerprint density at radius 2 is 1.45 bits per heavy atom. The Morgan fingerprint density at radius 1 is 0.848 bits per heavy atom. The number of benzene rings is 2. The van der Waals surface area contributed by atoms with Crippen LogP contribution in [0.5, 0.6) is 5.88 Å². The van der Waals surface area contributed by atoms with Crippen molar-refractivity contribution in [1.29, 1.82) is 0 Å². The molecule has 1 aromatic heterocycles. The Labute approximate surface area is 192 Å². The number of carbonyl (C=O) groups excluding carboxylic acids is 1. The molecule has 0 aliphatic carbocycles. The molecule has 0 bridgehead atoms. The van der Waals surface area contributed by atoms with Crippen LogP contribution in [0.1, 0.15) is 0 Å². The van der Waals surface area contributed by atoms with E-state index in [0.29, 0.717) is 38.0 Å². The second kappa shape index (κ2) is 10.0. The standard InChI is InChI=1S/C24H27N5O4/c30-22(25-18-5-7-19(8-6-18)28-9-13-31-14-10-28)17-33-24-23(29-11-15-32-16-12-29)26-20-3-1-2-4-21(20)27-24/h1-8H,9-17H2,(H,25,30). The molecule has 9 nitrogen and oxygen atoms in total. The number of morpholine rings is 2. The van der Waals surface area contributed by atoms with Gasteiger partial charge < -0.3 is 29.3 Å². The monoisotopic (exact) mass is 449 g/mol. The fourth-order valence-electron chi connectivity index (χ4n) is 3.96. The summed E-state index contributed by atoms with van der Waals surface area (Å²) in [6.07, 6.45) is 0. The Balaban J connectivity index is 1.25. The van der Waals surface area contributed by atoms with Gasteiger partial charge in [-0.25, -0.2) is 9.97 Å². The lowest BCUT2D eigenvalue weighted by Crippen LogP contribution is -2.37. The van der Waals surface area contributed by atoms with Crippen LogP contribution in [-0.2, 0) is 14.3 Å². The smallest absolute Gasteiger partial charge is 0.262 e. The van der Waals surface area contributed by atoms with Gasteiger partial charge in [0.15, 0.2) is 12.4 Å². The number of hydrogen-bond acceptors (Lipinski definition) is 8. The zero-order valence-electron chi connectivity index (χ0n) is 18.4. The average Bonchev–Trinajstić information content (AvgIpc) is 2.88. The molecule has 172 valence electrons. The van der Waals surface area contributed by atoms with Crippen molar-refractivity contribution in [3.8, 4) is 5.88 Å². The molecule has 2 aromatic carbocycles. The maximum absolute atomic E-state index is 12.6. The van der Waals surface area contributed by atoms with Crippen molar-refractivity contribution < 1.29 is 19.0 Å². The first-order chi connectivity index (χ1) is 16.3. The SMILES string of the molecule is O=C(COc1nc2ccccc2nc1N1CCOCC1)Nc1ccc(N2CCOCC2)cc1. The van der Waals surface area contributed by atoms with E-state index in [-0.39, 0.29) is 12.5 Å². The molecule has 1 N–H and O–H groups in total. The van der Waals surface area contributed by atoms with Gasteiger partial charge in [0.2, 0.25) is 0 Å². The molecule has 5 rings (SSSR count). The van der Waals surface area contributed by atoms with E-state index < -0.39 is 0 Å². The summed E-state index contributed by atoms with van der Waals surface area (Å²) in [5.41, 5.74) is 3.35. The molecule has 3 heterocycles. The summed E-state index contributed by atoms with van der Waals surface area (Å²) >= 11 is 0. The van der Waals surface area contributed by atoms with Crippen molar-refractivity contribution >= 4 is 34.1 Å². The lowest BCUT2D eigenvalue weighted by atomic mass is 10.2. The number of amides is 1. The van der Waals surface area contributed by atoms with E-state index in [4.69, 9.17) is 19.2 Å². The minimum absolute atomic E-state index is 0.157. The van der Waals surface area contributed by atoms with Gasteiger partial charge in [-0.1, -0.05) is 12.1 Å². The summed E-state index contributed by atoms with van der Waals surface area (Å²) in [5.74, 6) is 0.741. The van der Waals surface area contributed by atoms with Crippen LogP contribution < -0.4 is 19.9 Å². The lowest BCUT2D eigenvalue weighted by Gasteiger charge is -2.29. The molecular formula is C24H27N5O4. The van der Waals surface area contributed by atoms with Gasteiger partial charge in [-0.2, -0.15) is 0 Å². The Bertz CT molecular complexity index is 1100. The number of para-hydroxylation sites is 2. The minimum atomic E-state index is -0.253. The Hall–Kier alpha value is -3.43. The number of nitrogens with one attached hydrogen (secondary N) is 1. The molecule has 0 unspecified atom stereocenters. The summed E-state index contributed by atoms with van der Waals surface area (Å²) in [4.78, 5) is 26.3. The number of rotatable bonds is 6. The van der Waals surface area contributed by atoms with Crippen LogP contribution in [0.15, 0.2) is 48.5 Å². The van der Waals surface area contributed by atoms with E-state index in [1.807, 2.05) is 48.5 Å². The van der Waals surface area contributed by atoms with Crippen LogP contribution in [0.3, 0.4) is 0 Å². The minimum Gasteiger partial charge on any atom is -0.465 e. The molecule has 2 aliphatic rings. The molecule has 0 atom stereocenters. The molecule has 0 radical (unpaired) electrons. The topological polar surface area (TPSA) is 89.0 Å². The lowest BCUT2D eigenvalue weighted by molar-refractivity contribution is -0.118. The normalized spacial score (nSPS) is 16.6. The summed E-state index contributed by atoms with van der Waals surface area (Å²) in [6, 6.07) is 15.5. The molecule has 2 fully saturated rings. The maximum Gasteiger partial charge on any atom is 0.262 e. The number of ether oxygens (including phenoxy) is 3. The van der Waals surface area contributed by atoms with Gasteiger partial charge in [0.25, 0.3) is 11.8 Å². The third-order valence-electron chi connectivity index (χ3n) is 5.70. The number of hydrogen-bond donors (Lipinski definition) is 1. The molecule has 0 saturated carbocycles. The van der Waals surface area contributed by atoms with Crippen LogP contribution in [-0.4, -0.2) is 75.1 Å². The third-order valence-corrected chi connectivity index (χ3v) is 5.70.